The third-order valence-corrected chi connectivity index (χ3v) is 4.32. The van der Waals surface area contributed by atoms with E-state index in [0.717, 1.165) is 31.7 Å². The molecule has 0 heterocycles. The Morgan fingerprint density at radius 3 is 2.47 bits per heavy atom. The molecule has 2 fully saturated rings. The number of carbonyl (C=O) groups is 1. The Labute approximate surface area is 91.8 Å². The number of hydrogen-bond donors (Lipinski definition) is 2. The topological polar surface area (TPSA) is 55.1 Å². The Kier molecular flexibility index (Phi) is 2.53. The molecule has 2 rings (SSSR count). The van der Waals surface area contributed by atoms with Gasteiger partial charge in [0, 0.05) is 0 Å². The van der Waals surface area contributed by atoms with Gasteiger partial charge < -0.3 is 11.1 Å². The van der Waals surface area contributed by atoms with Crippen LogP contribution in [0.15, 0.2) is 0 Å². The SMILES string of the molecule is CC1(C)CCCC1(NCC1CC1)C(N)=O. The molecule has 3 heteroatoms. The third kappa shape index (κ3) is 1.78. The lowest BCUT2D eigenvalue weighted by Crippen LogP contribution is -2.61. The summed E-state index contributed by atoms with van der Waals surface area (Å²) in [6, 6.07) is 0. The van der Waals surface area contributed by atoms with Crippen molar-refractivity contribution in [3.05, 3.63) is 0 Å². The van der Waals surface area contributed by atoms with Crippen molar-refractivity contribution in [1.29, 1.82) is 0 Å². The summed E-state index contributed by atoms with van der Waals surface area (Å²) in [5.41, 5.74) is 5.17. The molecule has 15 heavy (non-hydrogen) atoms. The molecule has 2 saturated carbocycles. The highest BCUT2D eigenvalue weighted by atomic mass is 16.1. The van der Waals surface area contributed by atoms with Gasteiger partial charge >= 0.3 is 0 Å². The molecule has 0 spiro atoms. The highest BCUT2D eigenvalue weighted by Gasteiger charge is 2.53. The molecule has 1 amide bonds. The quantitative estimate of drug-likeness (QED) is 0.737. The lowest BCUT2D eigenvalue weighted by atomic mass is 9.74. The van der Waals surface area contributed by atoms with Gasteiger partial charge in [-0.1, -0.05) is 20.3 Å². The molecule has 0 saturated heterocycles. The molecule has 86 valence electrons. The highest BCUT2D eigenvalue weighted by molar-refractivity contribution is 5.86. The van der Waals surface area contributed by atoms with Crippen LogP contribution in [-0.2, 0) is 4.79 Å². The maximum absolute atomic E-state index is 11.7. The number of nitrogens with two attached hydrogens (primary N) is 1. The molecule has 0 radical (unpaired) electrons. The summed E-state index contributed by atoms with van der Waals surface area (Å²) in [5, 5.41) is 3.47. The zero-order valence-corrected chi connectivity index (χ0v) is 9.81. The first-order chi connectivity index (χ1) is 6.98. The van der Waals surface area contributed by atoms with Crippen molar-refractivity contribution >= 4 is 5.91 Å². The molecule has 1 atom stereocenters. The minimum Gasteiger partial charge on any atom is -0.368 e. The van der Waals surface area contributed by atoms with Gasteiger partial charge in [-0.3, -0.25) is 4.79 Å². The second kappa shape index (κ2) is 3.48. The number of rotatable bonds is 4. The van der Waals surface area contributed by atoms with Gasteiger partial charge in [0.2, 0.25) is 5.91 Å². The van der Waals surface area contributed by atoms with Gasteiger partial charge in [0.25, 0.3) is 0 Å². The zero-order valence-electron chi connectivity index (χ0n) is 9.81. The molecule has 2 aliphatic rings. The van der Waals surface area contributed by atoms with E-state index in [9.17, 15) is 4.79 Å². The van der Waals surface area contributed by atoms with E-state index in [1.807, 2.05) is 0 Å². The summed E-state index contributed by atoms with van der Waals surface area (Å²) in [4.78, 5) is 11.7. The smallest absolute Gasteiger partial charge is 0.238 e. The average Bonchev–Trinajstić information content (AvgIpc) is 2.89. The summed E-state index contributed by atoms with van der Waals surface area (Å²) in [6.45, 7) is 5.28. The normalized spacial score (nSPS) is 34.3. The lowest BCUT2D eigenvalue weighted by molar-refractivity contribution is -0.128. The molecule has 3 N–H and O–H groups in total. The van der Waals surface area contributed by atoms with Crippen LogP contribution in [0.5, 0.6) is 0 Å². The van der Waals surface area contributed by atoms with Crippen LogP contribution in [0.3, 0.4) is 0 Å². The van der Waals surface area contributed by atoms with Crippen LogP contribution < -0.4 is 11.1 Å². The lowest BCUT2D eigenvalue weighted by Gasteiger charge is -2.39. The standard InChI is InChI=1S/C12H22N2O/c1-11(2)6-3-7-12(11,10(13)15)14-8-9-4-5-9/h9,14H,3-8H2,1-2H3,(H2,13,15). The predicted octanol–water partition coefficient (Wildman–Crippen LogP) is 1.42. The van der Waals surface area contributed by atoms with Crippen LogP contribution in [0.4, 0.5) is 0 Å². The Balaban J connectivity index is 2.11. The Morgan fingerprint density at radius 2 is 2.07 bits per heavy atom. The van der Waals surface area contributed by atoms with Crippen LogP contribution in [0.1, 0.15) is 46.0 Å². The monoisotopic (exact) mass is 210 g/mol. The molecular weight excluding hydrogens is 188 g/mol. The number of carbonyl (C=O) groups excluding carboxylic acids is 1. The van der Waals surface area contributed by atoms with Gasteiger partial charge in [-0.05, 0) is 43.6 Å². The van der Waals surface area contributed by atoms with Crippen LogP contribution in [0.25, 0.3) is 0 Å². The Morgan fingerprint density at radius 1 is 1.40 bits per heavy atom. The van der Waals surface area contributed by atoms with E-state index in [0.29, 0.717) is 0 Å². The van der Waals surface area contributed by atoms with Crippen molar-refractivity contribution < 1.29 is 4.79 Å². The van der Waals surface area contributed by atoms with Gasteiger partial charge in [0.1, 0.15) is 5.54 Å². The molecule has 0 aromatic carbocycles. The summed E-state index contributed by atoms with van der Waals surface area (Å²) >= 11 is 0. The maximum atomic E-state index is 11.7. The van der Waals surface area contributed by atoms with Crippen molar-refractivity contribution in [2.75, 3.05) is 6.54 Å². The summed E-state index contributed by atoms with van der Waals surface area (Å²) < 4.78 is 0. The van der Waals surface area contributed by atoms with Crippen molar-refractivity contribution in [1.82, 2.24) is 5.32 Å². The van der Waals surface area contributed by atoms with Crippen LogP contribution in [-0.4, -0.2) is 18.0 Å². The van der Waals surface area contributed by atoms with E-state index in [2.05, 4.69) is 19.2 Å². The number of nitrogens with one attached hydrogen (secondary N) is 1. The molecule has 0 bridgehead atoms. The fraction of sp³-hybridized carbons (Fsp3) is 0.917. The van der Waals surface area contributed by atoms with Gasteiger partial charge in [0.05, 0.1) is 0 Å². The minimum atomic E-state index is -0.449. The Bertz CT molecular complexity index is 271. The van der Waals surface area contributed by atoms with Gasteiger partial charge in [0.15, 0.2) is 0 Å². The first-order valence-electron chi connectivity index (χ1n) is 6.03. The van der Waals surface area contributed by atoms with Crippen molar-refractivity contribution in [3.63, 3.8) is 0 Å². The van der Waals surface area contributed by atoms with Gasteiger partial charge in [-0.25, -0.2) is 0 Å². The molecule has 2 aliphatic carbocycles. The number of hydrogen-bond acceptors (Lipinski definition) is 2. The van der Waals surface area contributed by atoms with Crippen LogP contribution in [0.2, 0.25) is 0 Å². The van der Waals surface area contributed by atoms with E-state index in [4.69, 9.17) is 5.73 Å². The second-order valence-corrected chi connectivity index (χ2v) is 5.83. The summed E-state index contributed by atoms with van der Waals surface area (Å²) in [5.74, 6) is 0.628. The van der Waals surface area contributed by atoms with E-state index in [1.165, 1.54) is 12.8 Å². The van der Waals surface area contributed by atoms with E-state index >= 15 is 0 Å². The largest absolute Gasteiger partial charge is 0.368 e. The molecule has 0 aliphatic heterocycles. The van der Waals surface area contributed by atoms with E-state index < -0.39 is 5.54 Å². The first kappa shape index (κ1) is 10.9. The second-order valence-electron chi connectivity index (χ2n) is 5.83. The number of primary amides is 1. The van der Waals surface area contributed by atoms with Crippen molar-refractivity contribution in [3.8, 4) is 0 Å². The molecule has 3 nitrogen and oxygen atoms in total. The van der Waals surface area contributed by atoms with Crippen molar-refractivity contribution in [2.24, 2.45) is 17.1 Å². The van der Waals surface area contributed by atoms with Gasteiger partial charge in [-0.2, -0.15) is 0 Å². The molecular formula is C12H22N2O. The third-order valence-electron chi connectivity index (χ3n) is 4.32. The molecule has 1 unspecified atom stereocenters. The average molecular weight is 210 g/mol. The van der Waals surface area contributed by atoms with Crippen LogP contribution in [0, 0.1) is 11.3 Å². The van der Waals surface area contributed by atoms with E-state index in [1.54, 1.807) is 0 Å². The number of amides is 1. The summed E-state index contributed by atoms with van der Waals surface area (Å²) in [6.07, 6.45) is 5.72. The fourth-order valence-electron chi connectivity index (χ4n) is 2.86. The summed E-state index contributed by atoms with van der Waals surface area (Å²) in [7, 11) is 0. The Hall–Kier alpha value is -0.570. The fourth-order valence-corrected chi connectivity index (χ4v) is 2.86. The minimum absolute atomic E-state index is 0.00766. The maximum Gasteiger partial charge on any atom is 0.238 e. The molecule has 0 aromatic rings. The molecule has 0 aromatic heterocycles. The van der Waals surface area contributed by atoms with E-state index in [-0.39, 0.29) is 11.3 Å². The predicted molar refractivity (Wildman–Crippen MR) is 60.3 cm³/mol. The zero-order chi connectivity index (χ0) is 11.1. The highest BCUT2D eigenvalue weighted by Crippen LogP contribution is 2.46. The first-order valence-corrected chi connectivity index (χ1v) is 6.03. The van der Waals surface area contributed by atoms with Crippen LogP contribution >= 0.6 is 0 Å². The van der Waals surface area contributed by atoms with Gasteiger partial charge in [-0.15, -0.1) is 0 Å². The van der Waals surface area contributed by atoms with Crippen molar-refractivity contribution in [2.45, 2.75) is 51.5 Å².